The first-order valence-electron chi connectivity index (χ1n) is 6.77. The number of hydrogen-bond acceptors (Lipinski definition) is 3. The van der Waals surface area contributed by atoms with Crippen LogP contribution >= 0.6 is 0 Å². The molecule has 1 aromatic carbocycles. The Balaban J connectivity index is 2.50. The minimum absolute atomic E-state index is 0.0416. The van der Waals surface area contributed by atoms with E-state index in [4.69, 9.17) is 4.98 Å². The minimum Gasteiger partial charge on any atom is -0.392 e. The van der Waals surface area contributed by atoms with Crippen LogP contribution in [0.5, 0.6) is 0 Å². The Kier molecular flexibility index (Phi) is 4.05. The molecule has 1 aromatic heterocycles. The van der Waals surface area contributed by atoms with Gasteiger partial charge in [-0.2, -0.15) is 0 Å². The Morgan fingerprint density at radius 1 is 1.21 bits per heavy atom. The lowest BCUT2D eigenvalue weighted by Gasteiger charge is -2.29. The summed E-state index contributed by atoms with van der Waals surface area (Å²) in [7, 11) is 2.06. The van der Waals surface area contributed by atoms with Gasteiger partial charge in [0.05, 0.1) is 12.1 Å². The van der Waals surface area contributed by atoms with Gasteiger partial charge in [-0.15, -0.1) is 0 Å². The highest BCUT2D eigenvalue weighted by molar-refractivity contribution is 5.84. The summed E-state index contributed by atoms with van der Waals surface area (Å²) in [6.45, 7) is 6.64. The Hall–Kier alpha value is -1.61. The fraction of sp³-hybridized carbons (Fsp3) is 0.438. The Morgan fingerprint density at radius 3 is 2.53 bits per heavy atom. The van der Waals surface area contributed by atoms with Crippen molar-refractivity contribution in [1.29, 1.82) is 0 Å². The third-order valence-electron chi connectivity index (χ3n) is 3.90. The maximum Gasteiger partial charge on any atom is 0.129 e. The zero-order valence-corrected chi connectivity index (χ0v) is 12.1. The summed E-state index contributed by atoms with van der Waals surface area (Å²) < 4.78 is 0. The van der Waals surface area contributed by atoms with Crippen molar-refractivity contribution in [3.8, 4) is 0 Å². The van der Waals surface area contributed by atoms with Crippen molar-refractivity contribution in [1.82, 2.24) is 4.98 Å². The van der Waals surface area contributed by atoms with Gasteiger partial charge in [-0.05, 0) is 30.5 Å². The Morgan fingerprint density at radius 2 is 1.89 bits per heavy atom. The lowest BCUT2D eigenvalue weighted by Crippen LogP contribution is -2.33. The average Bonchev–Trinajstić information content (AvgIpc) is 2.44. The first kappa shape index (κ1) is 13.8. The lowest BCUT2D eigenvalue weighted by molar-refractivity contribution is 0.283. The highest BCUT2D eigenvalue weighted by atomic mass is 16.3. The van der Waals surface area contributed by atoms with Gasteiger partial charge >= 0.3 is 0 Å². The molecule has 0 aliphatic rings. The zero-order valence-electron chi connectivity index (χ0n) is 12.1. The number of anilines is 1. The van der Waals surface area contributed by atoms with Gasteiger partial charge in [-0.1, -0.05) is 32.0 Å². The number of para-hydroxylation sites is 1. The number of benzene rings is 1. The van der Waals surface area contributed by atoms with Crippen molar-refractivity contribution in [3.05, 3.63) is 35.9 Å². The summed E-state index contributed by atoms with van der Waals surface area (Å²) in [5.74, 6) is 1.47. The maximum absolute atomic E-state index is 9.54. The molecule has 1 heterocycles. The van der Waals surface area contributed by atoms with Crippen LogP contribution in [-0.2, 0) is 6.61 Å². The normalized spacial score (nSPS) is 12.9. The minimum atomic E-state index is 0.0416. The van der Waals surface area contributed by atoms with Crippen LogP contribution in [0, 0.1) is 5.92 Å². The van der Waals surface area contributed by atoms with Gasteiger partial charge in [0.1, 0.15) is 5.82 Å². The molecule has 0 amide bonds. The highest BCUT2D eigenvalue weighted by Gasteiger charge is 2.16. The van der Waals surface area contributed by atoms with Crippen molar-refractivity contribution in [2.75, 3.05) is 11.9 Å². The molecule has 2 aromatic rings. The number of hydrogen-bond donors (Lipinski definition) is 1. The Labute approximate surface area is 114 Å². The smallest absolute Gasteiger partial charge is 0.129 e. The van der Waals surface area contributed by atoms with Gasteiger partial charge in [0.2, 0.25) is 0 Å². The topological polar surface area (TPSA) is 36.4 Å². The summed E-state index contributed by atoms with van der Waals surface area (Å²) in [4.78, 5) is 6.88. The summed E-state index contributed by atoms with van der Waals surface area (Å²) in [5.41, 5.74) is 1.87. The molecule has 0 fully saturated rings. The van der Waals surface area contributed by atoms with Gasteiger partial charge in [-0.25, -0.2) is 4.98 Å². The second-order valence-electron chi connectivity index (χ2n) is 5.41. The largest absolute Gasteiger partial charge is 0.392 e. The van der Waals surface area contributed by atoms with E-state index in [0.717, 1.165) is 22.3 Å². The number of pyridine rings is 1. The van der Waals surface area contributed by atoms with Gasteiger partial charge in [0.25, 0.3) is 0 Å². The van der Waals surface area contributed by atoms with Crippen LogP contribution in [0.2, 0.25) is 0 Å². The van der Waals surface area contributed by atoms with Gasteiger partial charge in [0.15, 0.2) is 0 Å². The van der Waals surface area contributed by atoms with Crippen molar-refractivity contribution in [2.45, 2.75) is 33.4 Å². The number of aromatic nitrogens is 1. The van der Waals surface area contributed by atoms with E-state index in [1.54, 1.807) is 0 Å². The molecule has 0 aliphatic carbocycles. The molecule has 102 valence electrons. The van der Waals surface area contributed by atoms with Crippen LogP contribution < -0.4 is 4.90 Å². The molecule has 0 aliphatic heterocycles. The molecule has 3 heteroatoms. The molecule has 3 nitrogen and oxygen atoms in total. The van der Waals surface area contributed by atoms with Crippen LogP contribution in [0.1, 0.15) is 26.3 Å². The zero-order chi connectivity index (χ0) is 14.0. The first-order chi connectivity index (χ1) is 9.04. The van der Waals surface area contributed by atoms with E-state index in [9.17, 15) is 5.11 Å². The van der Waals surface area contributed by atoms with Gasteiger partial charge in [-0.3, -0.25) is 0 Å². The molecule has 0 saturated heterocycles. The molecule has 1 N–H and O–H groups in total. The predicted octanol–water partition coefficient (Wildman–Crippen LogP) is 3.21. The lowest BCUT2D eigenvalue weighted by atomic mass is 10.0. The molecule has 19 heavy (non-hydrogen) atoms. The second kappa shape index (κ2) is 5.57. The standard InChI is InChI=1S/C16H22N2O/c1-11(2)12(3)18(4)16-9-13(10-19)14-7-5-6-8-15(14)17-16/h5-9,11-12,19H,10H2,1-4H3. The number of aliphatic hydroxyl groups is 1. The third kappa shape index (κ3) is 2.71. The van der Waals surface area contributed by atoms with Crippen molar-refractivity contribution in [3.63, 3.8) is 0 Å². The molecule has 0 saturated carbocycles. The average molecular weight is 258 g/mol. The monoisotopic (exact) mass is 258 g/mol. The van der Waals surface area contributed by atoms with Crippen molar-refractivity contribution in [2.24, 2.45) is 5.92 Å². The first-order valence-corrected chi connectivity index (χ1v) is 6.77. The maximum atomic E-state index is 9.54. The molecule has 1 unspecified atom stereocenters. The van der Waals surface area contributed by atoms with E-state index >= 15 is 0 Å². The number of fused-ring (bicyclic) bond motifs is 1. The van der Waals surface area contributed by atoms with E-state index in [2.05, 4.69) is 32.7 Å². The van der Waals surface area contributed by atoms with E-state index in [1.807, 2.05) is 30.3 Å². The predicted molar refractivity (Wildman–Crippen MR) is 80.4 cm³/mol. The number of nitrogens with zero attached hydrogens (tertiary/aromatic N) is 2. The number of aliphatic hydroxyl groups excluding tert-OH is 1. The van der Waals surface area contributed by atoms with Crippen LogP contribution in [-0.4, -0.2) is 23.2 Å². The van der Waals surface area contributed by atoms with Crippen molar-refractivity contribution >= 4 is 16.7 Å². The molecule has 0 bridgehead atoms. The molecule has 0 radical (unpaired) electrons. The van der Waals surface area contributed by atoms with E-state index in [1.165, 1.54) is 0 Å². The van der Waals surface area contributed by atoms with E-state index in [-0.39, 0.29) is 6.61 Å². The second-order valence-corrected chi connectivity index (χ2v) is 5.41. The van der Waals surface area contributed by atoms with Gasteiger partial charge in [0, 0.05) is 18.5 Å². The molecule has 0 spiro atoms. The van der Waals surface area contributed by atoms with Gasteiger partial charge < -0.3 is 10.0 Å². The SMILES string of the molecule is CC(C)C(C)N(C)c1cc(CO)c2ccccc2n1. The van der Waals surface area contributed by atoms with E-state index in [0.29, 0.717) is 12.0 Å². The Bertz CT molecular complexity index is 566. The van der Waals surface area contributed by atoms with Crippen LogP contribution in [0.25, 0.3) is 10.9 Å². The van der Waals surface area contributed by atoms with E-state index < -0.39 is 0 Å². The molecule has 2 rings (SSSR count). The van der Waals surface area contributed by atoms with Crippen LogP contribution in [0.4, 0.5) is 5.82 Å². The quantitative estimate of drug-likeness (QED) is 0.915. The van der Waals surface area contributed by atoms with Crippen molar-refractivity contribution < 1.29 is 5.11 Å². The molecular formula is C16H22N2O. The third-order valence-corrected chi connectivity index (χ3v) is 3.90. The van der Waals surface area contributed by atoms with Crippen LogP contribution in [0.3, 0.4) is 0 Å². The summed E-state index contributed by atoms with van der Waals surface area (Å²) in [6.07, 6.45) is 0. The number of rotatable bonds is 4. The van der Waals surface area contributed by atoms with Crippen LogP contribution in [0.15, 0.2) is 30.3 Å². The highest BCUT2D eigenvalue weighted by Crippen LogP contribution is 2.24. The fourth-order valence-electron chi connectivity index (χ4n) is 2.20. The summed E-state index contributed by atoms with van der Waals surface area (Å²) in [6, 6.07) is 10.3. The molecular weight excluding hydrogens is 236 g/mol. The molecule has 1 atom stereocenters. The summed E-state index contributed by atoms with van der Waals surface area (Å²) in [5, 5.41) is 10.6. The fourth-order valence-corrected chi connectivity index (χ4v) is 2.20. The summed E-state index contributed by atoms with van der Waals surface area (Å²) >= 11 is 0.